The van der Waals surface area contributed by atoms with E-state index in [1.54, 1.807) is 18.2 Å². The van der Waals surface area contributed by atoms with Crippen molar-refractivity contribution in [3.63, 3.8) is 0 Å². The Balaban J connectivity index is 1.95. The molecule has 0 spiro atoms. The Labute approximate surface area is 129 Å². The first-order valence-electron chi connectivity index (χ1n) is 7.07. The number of hydrogen-bond acceptors (Lipinski definition) is 4. The molecule has 0 amide bonds. The minimum Gasteiger partial charge on any atom is -0.427 e. The number of ether oxygens (including phenoxy) is 2. The zero-order chi connectivity index (χ0) is 15.9. The van der Waals surface area contributed by atoms with Gasteiger partial charge in [-0.3, -0.25) is 9.59 Å². The van der Waals surface area contributed by atoms with E-state index in [2.05, 4.69) is 0 Å². The van der Waals surface area contributed by atoms with E-state index in [9.17, 15) is 9.59 Å². The fourth-order valence-electron chi connectivity index (χ4n) is 2.11. The molecule has 2 aromatic rings. The predicted octanol–water partition coefficient (Wildman–Crippen LogP) is 3.32. The highest BCUT2D eigenvalue weighted by molar-refractivity contribution is 5.69. The number of carbonyl (C=O) groups excluding carboxylic acids is 2. The van der Waals surface area contributed by atoms with Gasteiger partial charge in [-0.2, -0.15) is 0 Å². The third kappa shape index (κ3) is 5.05. The van der Waals surface area contributed by atoms with Gasteiger partial charge in [0.1, 0.15) is 11.5 Å². The molecule has 0 aromatic heterocycles. The minimum absolute atomic E-state index is 0.321. The molecule has 114 valence electrons. The Bertz CT molecular complexity index is 659. The van der Waals surface area contributed by atoms with E-state index in [-0.39, 0.29) is 11.9 Å². The monoisotopic (exact) mass is 298 g/mol. The summed E-state index contributed by atoms with van der Waals surface area (Å²) in [5.41, 5.74) is 2.25. The van der Waals surface area contributed by atoms with Gasteiger partial charge in [0, 0.05) is 13.8 Å². The van der Waals surface area contributed by atoms with Gasteiger partial charge < -0.3 is 9.47 Å². The quantitative estimate of drug-likeness (QED) is 0.627. The van der Waals surface area contributed by atoms with Crippen LogP contribution in [-0.4, -0.2) is 11.9 Å². The molecule has 0 saturated carbocycles. The summed E-state index contributed by atoms with van der Waals surface area (Å²) < 4.78 is 10.1. The van der Waals surface area contributed by atoms with Crippen molar-refractivity contribution in [2.75, 3.05) is 0 Å². The lowest BCUT2D eigenvalue weighted by molar-refractivity contribution is -0.132. The predicted molar refractivity (Wildman–Crippen MR) is 82.9 cm³/mol. The van der Waals surface area contributed by atoms with Crippen molar-refractivity contribution in [3.05, 3.63) is 59.7 Å². The van der Waals surface area contributed by atoms with Gasteiger partial charge in [-0.15, -0.1) is 0 Å². The Morgan fingerprint density at radius 2 is 1.36 bits per heavy atom. The van der Waals surface area contributed by atoms with Gasteiger partial charge >= 0.3 is 11.9 Å². The molecule has 0 fully saturated rings. The van der Waals surface area contributed by atoms with Gasteiger partial charge in [0.15, 0.2) is 0 Å². The summed E-state index contributed by atoms with van der Waals surface area (Å²) >= 11 is 0. The van der Waals surface area contributed by atoms with Gasteiger partial charge in [-0.25, -0.2) is 0 Å². The maximum atomic E-state index is 11.0. The topological polar surface area (TPSA) is 52.6 Å². The van der Waals surface area contributed by atoms with E-state index >= 15 is 0 Å². The van der Waals surface area contributed by atoms with Crippen LogP contribution >= 0.6 is 0 Å². The lowest BCUT2D eigenvalue weighted by atomic mass is 10.0. The molecule has 0 heterocycles. The number of carbonyl (C=O) groups is 2. The summed E-state index contributed by atoms with van der Waals surface area (Å²) in [4.78, 5) is 21.8. The van der Waals surface area contributed by atoms with Crippen LogP contribution in [0, 0.1) is 0 Å². The van der Waals surface area contributed by atoms with E-state index in [0.29, 0.717) is 11.5 Å². The Hall–Kier alpha value is -2.62. The molecule has 0 saturated heterocycles. The van der Waals surface area contributed by atoms with Gasteiger partial charge in [0.2, 0.25) is 0 Å². The largest absolute Gasteiger partial charge is 0.427 e. The standard InChI is InChI=1S/C18H18O4/c1-13(19)21-17-10-8-15(9-11-17)6-7-16-4-3-5-18(12-16)22-14(2)20/h3-5,8-12H,6-7H2,1-2H3. The van der Waals surface area contributed by atoms with E-state index in [0.717, 1.165) is 24.0 Å². The highest BCUT2D eigenvalue weighted by Gasteiger charge is 2.02. The molecule has 0 radical (unpaired) electrons. The highest BCUT2D eigenvalue weighted by Crippen LogP contribution is 2.17. The highest BCUT2D eigenvalue weighted by atomic mass is 16.5. The smallest absolute Gasteiger partial charge is 0.308 e. The fraction of sp³-hybridized carbons (Fsp3) is 0.222. The van der Waals surface area contributed by atoms with Crippen LogP contribution in [0.4, 0.5) is 0 Å². The third-order valence-corrected chi connectivity index (χ3v) is 3.05. The van der Waals surface area contributed by atoms with Gasteiger partial charge in [0.25, 0.3) is 0 Å². The van der Waals surface area contributed by atoms with Crippen LogP contribution in [0.1, 0.15) is 25.0 Å². The summed E-state index contributed by atoms with van der Waals surface area (Å²) in [7, 11) is 0. The summed E-state index contributed by atoms with van der Waals surface area (Å²) in [5, 5.41) is 0. The minimum atomic E-state index is -0.324. The van der Waals surface area contributed by atoms with Crippen molar-refractivity contribution in [2.24, 2.45) is 0 Å². The van der Waals surface area contributed by atoms with Crippen LogP contribution in [0.3, 0.4) is 0 Å². The lowest BCUT2D eigenvalue weighted by Gasteiger charge is -2.06. The molecule has 0 unspecified atom stereocenters. The van der Waals surface area contributed by atoms with Crippen molar-refractivity contribution in [1.29, 1.82) is 0 Å². The fourth-order valence-corrected chi connectivity index (χ4v) is 2.11. The van der Waals surface area contributed by atoms with Crippen LogP contribution < -0.4 is 9.47 Å². The normalized spacial score (nSPS) is 10.1. The van der Waals surface area contributed by atoms with E-state index in [4.69, 9.17) is 9.47 Å². The SMILES string of the molecule is CC(=O)Oc1ccc(CCc2cccc(OC(C)=O)c2)cc1. The van der Waals surface area contributed by atoms with E-state index in [1.807, 2.05) is 30.3 Å². The van der Waals surface area contributed by atoms with Crippen LogP contribution in [0.25, 0.3) is 0 Å². The maximum absolute atomic E-state index is 11.0. The average Bonchev–Trinajstić information content (AvgIpc) is 2.46. The number of rotatable bonds is 5. The molecule has 0 aliphatic carbocycles. The maximum Gasteiger partial charge on any atom is 0.308 e. The molecule has 0 N–H and O–H groups in total. The van der Waals surface area contributed by atoms with Crippen molar-refractivity contribution in [3.8, 4) is 11.5 Å². The Morgan fingerprint density at radius 3 is 2.00 bits per heavy atom. The van der Waals surface area contributed by atoms with E-state index in [1.165, 1.54) is 13.8 Å². The molecule has 2 rings (SSSR count). The molecule has 0 aliphatic heterocycles. The number of esters is 2. The zero-order valence-electron chi connectivity index (χ0n) is 12.7. The van der Waals surface area contributed by atoms with Gasteiger partial charge in [-0.1, -0.05) is 24.3 Å². The van der Waals surface area contributed by atoms with Crippen LogP contribution in [-0.2, 0) is 22.4 Å². The average molecular weight is 298 g/mol. The second kappa shape index (κ2) is 7.41. The van der Waals surface area contributed by atoms with Gasteiger partial charge in [0.05, 0.1) is 0 Å². The molecule has 22 heavy (non-hydrogen) atoms. The summed E-state index contributed by atoms with van der Waals surface area (Å²) in [6, 6.07) is 14.9. The molecule has 4 nitrogen and oxygen atoms in total. The van der Waals surface area contributed by atoms with Crippen molar-refractivity contribution >= 4 is 11.9 Å². The second-order valence-electron chi connectivity index (χ2n) is 4.98. The molecular formula is C18H18O4. The zero-order valence-corrected chi connectivity index (χ0v) is 12.7. The molecular weight excluding hydrogens is 280 g/mol. The Kier molecular flexibility index (Phi) is 5.31. The summed E-state index contributed by atoms with van der Waals surface area (Å²) in [6.45, 7) is 2.77. The number of aryl methyl sites for hydroxylation is 2. The van der Waals surface area contributed by atoms with Gasteiger partial charge in [-0.05, 0) is 48.2 Å². The van der Waals surface area contributed by atoms with Crippen molar-refractivity contribution in [2.45, 2.75) is 26.7 Å². The second-order valence-corrected chi connectivity index (χ2v) is 4.98. The van der Waals surface area contributed by atoms with Crippen LogP contribution in [0.5, 0.6) is 11.5 Å². The van der Waals surface area contributed by atoms with Crippen molar-refractivity contribution in [1.82, 2.24) is 0 Å². The lowest BCUT2D eigenvalue weighted by Crippen LogP contribution is -2.02. The van der Waals surface area contributed by atoms with Crippen LogP contribution in [0.15, 0.2) is 48.5 Å². The first-order chi connectivity index (χ1) is 10.5. The van der Waals surface area contributed by atoms with E-state index < -0.39 is 0 Å². The van der Waals surface area contributed by atoms with Crippen molar-refractivity contribution < 1.29 is 19.1 Å². The third-order valence-electron chi connectivity index (χ3n) is 3.05. The molecule has 0 bridgehead atoms. The first kappa shape index (κ1) is 15.8. The molecule has 4 heteroatoms. The molecule has 0 atom stereocenters. The first-order valence-corrected chi connectivity index (χ1v) is 7.07. The summed E-state index contributed by atoms with van der Waals surface area (Å²) in [6.07, 6.45) is 1.69. The number of hydrogen-bond donors (Lipinski definition) is 0. The van der Waals surface area contributed by atoms with Crippen LogP contribution in [0.2, 0.25) is 0 Å². The molecule has 2 aromatic carbocycles. The summed E-state index contributed by atoms with van der Waals surface area (Å²) in [5.74, 6) is 0.469. The molecule has 0 aliphatic rings. The Morgan fingerprint density at radius 1 is 0.773 bits per heavy atom. The number of benzene rings is 2.